The van der Waals surface area contributed by atoms with Crippen LogP contribution in [0.3, 0.4) is 0 Å². The summed E-state index contributed by atoms with van der Waals surface area (Å²) in [5.74, 6) is 0.317. The van der Waals surface area contributed by atoms with E-state index in [1.165, 1.54) is 12.1 Å². The van der Waals surface area contributed by atoms with Crippen LogP contribution in [0, 0.1) is 5.82 Å². The van der Waals surface area contributed by atoms with E-state index in [-0.39, 0.29) is 5.82 Å². The number of rotatable bonds is 2. The van der Waals surface area contributed by atoms with Gasteiger partial charge in [0.05, 0.1) is 15.2 Å². The zero-order valence-electron chi connectivity index (χ0n) is 6.76. The van der Waals surface area contributed by atoms with Crippen LogP contribution >= 0.6 is 22.9 Å². The molecular weight excluding hydrogens is 209 g/mol. The number of hydrogen-bond acceptors (Lipinski definition) is 2. The summed E-state index contributed by atoms with van der Waals surface area (Å²) in [6, 6.07) is 4.65. The molecule has 0 radical (unpaired) electrons. The number of aryl methyl sites for hydroxylation is 1. The average molecular weight is 216 g/mol. The van der Waals surface area contributed by atoms with E-state index in [9.17, 15) is 4.39 Å². The first kappa shape index (κ1) is 8.91. The van der Waals surface area contributed by atoms with Gasteiger partial charge in [-0.1, -0.05) is 0 Å². The third-order valence-electron chi connectivity index (χ3n) is 1.70. The molecule has 0 saturated carbocycles. The maximum atomic E-state index is 12.8. The lowest BCUT2D eigenvalue weighted by atomic mass is 10.3. The van der Waals surface area contributed by atoms with Gasteiger partial charge in [-0.3, -0.25) is 0 Å². The second-order valence-electron chi connectivity index (χ2n) is 2.66. The number of nitrogens with zero attached hydrogens (tertiary/aromatic N) is 1. The van der Waals surface area contributed by atoms with E-state index in [1.807, 2.05) is 0 Å². The van der Waals surface area contributed by atoms with Crippen LogP contribution < -0.4 is 0 Å². The predicted molar refractivity (Wildman–Crippen MR) is 54.0 cm³/mol. The molecule has 1 aromatic heterocycles. The van der Waals surface area contributed by atoms with E-state index in [0.717, 1.165) is 21.6 Å². The molecule has 13 heavy (non-hydrogen) atoms. The van der Waals surface area contributed by atoms with Crippen LogP contribution in [-0.2, 0) is 6.42 Å². The first-order valence-electron chi connectivity index (χ1n) is 3.90. The summed E-state index contributed by atoms with van der Waals surface area (Å²) in [6.45, 7) is 0. The molecule has 1 heterocycles. The van der Waals surface area contributed by atoms with Crippen LogP contribution in [0.1, 0.15) is 5.01 Å². The van der Waals surface area contributed by atoms with Gasteiger partial charge in [-0.15, -0.1) is 22.9 Å². The van der Waals surface area contributed by atoms with Gasteiger partial charge in [-0.25, -0.2) is 9.37 Å². The van der Waals surface area contributed by atoms with E-state index in [2.05, 4.69) is 4.98 Å². The fourth-order valence-corrected chi connectivity index (χ4v) is 2.37. The number of thiazole rings is 1. The number of alkyl halides is 1. The third-order valence-corrected chi connectivity index (χ3v) is 2.99. The highest BCUT2D eigenvalue weighted by Gasteiger charge is 2.03. The molecule has 1 nitrogen and oxygen atoms in total. The number of fused-ring (bicyclic) bond motifs is 1. The van der Waals surface area contributed by atoms with E-state index < -0.39 is 0 Å². The Morgan fingerprint density at radius 2 is 2.31 bits per heavy atom. The van der Waals surface area contributed by atoms with Crippen molar-refractivity contribution in [2.75, 3.05) is 5.88 Å². The minimum absolute atomic E-state index is 0.241. The first-order chi connectivity index (χ1) is 6.29. The number of halogens is 2. The quantitative estimate of drug-likeness (QED) is 0.701. The van der Waals surface area contributed by atoms with Crippen molar-refractivity contribution < 1.29 is 4.39 Å². The lowest BCUT2D eigenvalue weighted by Gasteiger charge is -1.85. The highest BCUT2D eigenvalue weighted by atomic mass is 35.5. The van der Waals surface area contributed by atoms with E-state index in [4.69, 9.17) is 11.6 Å². The lowest BCUT2D eigenvalue weighted by Crippen LogP contribution is -1.82. The van der Waals surface area contributed by atoms with Gasteiger partial charge in [-0.2, -0.15) is 0 Å². The summed E-state index contributed by atoms with van der Waals surface area (Å²) in [6.07, 6.45) is 0.753. The Bertz CT molecular complexity index is 426. The van der Waals surface area contributed by atoms with Crippen LogP contribution in [0.15, 0.2) is 18.2 Å². The lowest BCUT2D eigenvalue weighted by molar-refractivity contribution is 0.629. The van der Waals surface area contributed by atoms with Gasteiger partial charge >= 0.3 is 0 Å². The molecule has 0 aliphatic carbocycles. The fraction of sp³-hybridized carbons (Fsp3) is 0.222. The van der Waals surface area contributed by atoms with E-state index in [0.29, 0.717) is 5.88 Å². The Morgan fingerprint density at radius 3 is 3.08 bits per heavy atom. The van der Waals surface area contributed by atoms with Crippen LogP contribution in [-0.4, -0.2) is 10.9 Å². The maximum Gasteiger partial charge on any atom is 0.125 e. The van der Waals surface area contributed by atoms with Gasteiger partial charge in [0.15, 0.2) is 0 Å². The second kappa shape index (κ2) is 3.60. The summed E-state index contributed by atoms with van der Waals surface area (Å²) in [7, 11) is 0. The van der Waals surface area contributed by atoms with Crippen LogP contribution in [0.5, 0.6) is 0 Å². The highest BCUT2D eigenvalue weighted by Crippen LogP contribution is 2.23. The molecule has 0 aliphatic heterocycles. The minimum Gasteiger partial charge on any atom is -0.241 e. The molecular formula is C9H7ClFNS. The topological polar surface area (TPSA) is 12.9 Å². The standard InChI is InChI=1S/C9H7ClFNS/c10-4-3-9-12-7-5-6(11)1-2-8(7)13-9/h1-2,5H,3-4H2. The molecule has 0 bridgehead atoms. The van der Waals surface area contributed by atoms with Crippen molar-refractivity contribution in [1.82, 2.24) is 4.98 Å². The summed E-state index contributed by atoms with van der Waals surface area (Å²) in [5, 5.41) is 0.968. The molecule has 4 heteroatoms. The molecule has 2 rings (SSSR count). The van der Waals surface area contributed by atoms with Crippen LogP contribution in [0.25, 0.3) is 10.2 Å². The van der Waals surface area contributed by atoms with Crippen LogP contribution in [0.4, 0.5) is 4.39 Å². The SMILES string of the molecule is Fc1ccc2sc(CCCl)nc2c1. The van der Waals surface area contributed by atoms with Gasteiger partial charge < -0.3 is 0 Å². The molecule has 0 saturated heterocycles. The number of hydrogen-bond donors (Lipinski definition) is 0. The third kappa shape index (κ3) is 1.81. The second-order valence-corrected chi connectivity index (χ2v) is 4.15. The minimum atomic E-state index is -0.241. The van der Waals surface area contributed by atoms with Crippen molar-refractivity contribution in [2.45, 2.75) is 6.42 Å². The first-order valence-corrected chi connectivity index (χ1v) is 5.25. The molecule has 0 aliphatic rings. The monoisotopic (exact) mass is 215 g/mol. The predicted octanol–water partition coefficient (Wildman–Crippen LogP) is 3.22. The molecule has 0 fully saturated rings. The molecule has 68 valence electrons. The molecule has 0 N–H and O–H groups in total. The fourth-order valence-electron chi connectivity index (χ4n) is 1.14. The summed E-state index contributed by atoms with van der Waals surface area (Å²) in [5.41, 5.74) is 0.727. The Balaban J connectivity index is 2.49. The van der Waals surface area contributed by atoms with Crippen molar-refractivity contribution >= 4 is 33.2 Å². The molecule has 0 atom stereocenters. The van der Waals surface area contributed by atoms with Gasteiger partial charge in [0.1, 0.15) is 5.82 Å². The van der Waals surface area contributed by atoms with E-state index >= 15 is 0 Å². The normalized spacial score (nSPS) is 10.9. The Morgan fingerprint density at radius 1 is 1.46 bits per heavy atom. The van der Waals surface area contributed by atoms with Gasteiger partial charge in [0, 0.05) is 18.4 Å². The average Bonchev–Trinajstić information content (AvgIpc) is 2.46. The molecule has 1 aromatic carbocycles. The van der Waals surface area contributed by atoms with E-state index in [1.54, 1.807) is 17.4 Å². The molecule has 0 unspecified atom stereocenters. The Labute approximate surface area is 84.2 Å². The van der Waals surface area contributed by atoms with Crippen molar-refractivity contribution in [1.29, 1.82) is 0 Å². The van der Waals surface area contributed by atoms with Crippen molar-refractivity contribution in [3.05, 3.63) is 29.0 Å². The molecule has 2 aromatic rings. The zero-order chi connectivity index (χ0) is 9.26. The van der Waals surface area contributed by atoms with Crippen molar-refractivity contribution in [3.8, 4) is 0 Å². The Kier molecular flexibility index (Phi) is 2.47. The van der Waals surface area contributed by atoms with Crippen molar-refractivity contribution in [3.63, 3.8) is 0 Å². The molecule has 0 spiro atoms. The highest BCUT2D eigenvalue weighted by molar-refractivity contribution is 7.18. The summed E-state index contributed by atoms with van der Waals surface area (Å²) < 4.78 is 13.8. The summed E-state index contributed by atoms with van der Waals surface area (Å²) >= 11 is 7.16. The zero-order valence-corrected chi connectivity index (χ0v) is 8.33. The summed E-state index contributed by atoms with van der Waals surface area (Å²) in [4.78, 5) is 4.26. The number of aromatic nitrogens is 1. The van der Waals surface area contributed by atoms with Gasteiger partial charge in [0.25, 0.3) is 0 Å². The van der Waals surface area contributed by atoms with Crippen LogP contribution in [0.2, 0.25) is 0 Å². The van der Waals surface area contributed by atoms with Gasteiger partial charge in [-0.05, 0) is 12.1 Å². The Hall–Kier alpha value is -0.670. The van der Waals surface area contributed by atoms with Crippen molar-refractivity contribution in [2.24, 2.45) is 0 Å². The number of benzene rings is 1. The molecule has 0 amide bonds. The van der Waals surface area contributed by atoms with Gasteiger partial charge in [0.2, 0.25) is 0 Å². The largest absolute Gasteiger partial charge is 0.241 e. The smallest absolute Gasteiger partial charge is 0.125 e. The maximum absolute atomic E-state index is 12.8.